The number of hydrogen-bond donors (Lipinski definition) is 0. The summed E-state index contributed by atoms with van der Waals surface area (Å²) >= 11 is 0. The summed E-state index contributed by atoms with van der Waals surface area (Å²) in [5, 5.41) is 0. The zero-order chi connectivity index (χ0) is 12.2. The lowest BCUT2D eigenvalue weighted by atomic mass is 10.0. The summed E-state index contributed by atoms with van der Waals surface area (Å²) in [5.74, 6) is 0. The fourth-order valence-electron chi connectivity index (χ4n) is 3.29. The molecule has 2 nitrogen and oxygen atoms in total. The maximum Gasteiger partial charge on any atom is 0.0399 e. The van der Waals surface area contributed by atoms with Gasteiger partial charge in [0.25, 0.3) is 0 Å². The van der Waals surface area contributed by atoms with E-state index in [9.17, 15) is 0 Å². The lowest BCUT2D eigenvalue weighted by Gasteiger charge is -2.34. The van der Waals surface area contributed by atoms with Gasteiger partial charge in [0.15, 0.2) is 0 Å². The van der Waals surface area contributed by atoms with Gasteiger partial charge in [0, 0.05) is 25.3 Å². The van der Waals surface area contributed by atoms with Crippen molar-refractivity contribution in [3.8, 4) is 0 Å². The summed E-state index contributed by atoms with van der Waals surface area (Å²) in [4.78, 5) is 5.23. The highest BCUT2D eigenvalue weighted by atomic mass is 15.2. The van der Waals surface area contributed by atoms with E-state index in [2.05, 4.69) is 34.1 Å². The van der Waals surface area contributed by atoms with Crippen LogP contribution in [0.2, 0.25) is 0 Å². The van der Waals surface area contributed by atoms with Crippen molar-refractivity contribution in [3.05, 3.63) is 29.8 Å². The standard InChI is InChI=1S/C16H24N2/c1-4-10-17(11-5-1)13-14-18-12-6-8-15-7-2-3-9-16(15)18/h2-3,7,9H,1,4-6,8,10-14H2. The Kier molecular flexibility index (Phi) is 3.84. The molecule has 0 amide bonds. The minimum atomic E-state index is 1.21. The van der Waals surface area contributed by atoms with E-state index in [0.717, 1.165) is 0 Å². The SMILES string of the molecule is c1ccc2c(c1)CCCN2CCN1CCCCC1. The predicted octanol–water partition coefficient (Wildman–Crippen LogP) is 2.93. The van der Waals surface area contributed by atoms with Gasteiger partial charge >= 0.3 is 0 Å². The molecule has 0 bridgehead atoms. The highest BCUT2D eigenvalue weighted by molar-refractivity contribution is 5.55. The predicted molar refractivity (Wildman–Crippen MR) is 77.3 cm³/mol. The largest absolute Gasteiger partial charge is 0.370 e. The van der Waals surface area contributed by atoms with Gasteiger partial charge in [0.05, 0.1) is 0 Å². The topological polar surface area (TPSA) is 6.48 Å². The maximum absolute atomic E-state index is 2.64. The first-order valence-corrected chi connectivity index (χ1v) is 7.49. The molecule has 2 aliphatic rings. The van der Waals surface area contributed by atoms with Crippen LogP contribution in [0.5, 0.6) is 0 Å². The van der Waals surface area contributed by atoms with Crippen LogP contribution < -0.4 is 4.90 Å². The number of fused-ring (bicyclic) bond motifs is 1. The second-order valence-corrected chi connectivity index (χ2v) is 5.62. The van der Waals surface area contributed by atoms with Crippen LogP contribution in [0.15, 0.2) is 24.3 Å². The Morgan fingerprint density at radius 2 is 1.67 bits per heavy atom. The number of rotatable bonds is 3. The molecule has 18 heavy (non-hydrogen) atoms. The maximum atomic E-state index is 2.64. The molecule has 3 rings (SSSR count). The third-order valence-corrected chi connectivity index (χ3v) is 4.34. The molecule has 1 saturated heterocycles. The molecule has 0 radical (unpaired) electrons. The van der Waals surface area contributed by atoms with E-state index in [0.29, 0.717) is 0 Å². The first-order chi connectivity index (χ1) is 8.93. The molecule has 0 N–H and O–H groups in total. The van der Waals surface area contributed by atoms with Gasteiger partial charge in [-0.25, -0.2) is 0 Å². The van der Waals surface area contributed by atoms with Gasteiger partial charge in [0.2, 0.25) is 0 Å². The van der Waals surface area contributed by atoms with Crippen molar-refractivity contribution < 1.29 is 0 Å². The minimum absolute atomic E-state index is 1.21. The second kappa shape index (κ2) is 5.75. The van der Waals surface area contributed by atoms with Crippen LogP contribution in [0, 0.1) is 0 Å². The number of likely N-dealkylation sites (tertiary alicyclic amines) is 1. The summed E-state index contributed by atoms with van der Waals surface area (Å²) in [5.41, 5.74) is 3.03. The molecule has 0 atom stereocenters. The van der Waals surface area contributed by atoms with Gasteiger partial charge in [0.1, 0.15) is 0 Å². The molecule has 0 aromatic heterocycles. The summed E-state index contributed by atoms with van der Waals surface area (Å²) in [7, 11) is 0. The van der Waals surface area contributed by atoms with Crippen LogP contribution >= 0.6 is 0 Å². The highest BCUT2D eigenvalue weighted by Crippen LogP contribution is 2.26. The minimum Gasteiger partial charge on any atom is -0.370 e. The monoisotopic (exact) mass is 244 g/mol. The van der Waals surface area contributed by atoms with E-state index in [1.807, 2.05) is 0 Å². The molecular weight excluding hydrogens is 220 g/mol. The van der Waals surface area contributed by atoms with Crippen LogP contribution in [0.3, 0.4) is 0 Å². The van der Waals surface area contributed by atoms with Crippen LogP contribution in [0.4, 0.5) is 5.69 Å². The van der Waals surface area contributed by atoms with E-state index in [1.54, 1.807) is 5.56 Å². The summed E-state index contributed by atoms with van der Waals surface area (Å²) < 4.78 is 0. The van der Waals surface area contributed by atoms with Gasteiger partial charge in [-0.3, -0.25) is 0 Å². The molecular formula is C16H24N2. The Balaban J connectivity index is 1.60. The zero-order valence-corrected chi connectivity index (χ0v) is 11.3. The lowest BCUT2D eigenvalue weighted by molar-refractivity contribution is 0.233. The number of anilines is 1. The number of hydrogen-bond acceptors (Lipinski definition) is 2. The van der Waals surface area contributed by atoms with Crippen molar-refractivity contribution in [2.45, 2.75) is 32.1 Å². The van der Waals surface area contributed by atoms with Crippen molar-refractivity contribution in [1.82, 2.24) is 4.90 Å². The molecule has 0 saturated carbocycles. The number of piperidine rings is 1. The number of aryl methyl sites for hydroxylation is 1. The molecule has 1 fully saturated rings. The van der Waals surface area contributed by atoms with Crippen molar-refractivity contribution in [2.24, 2.45) is 0 Å². The molecule has 2 aliphatic heterocycles. The average Bonchev–Trinajstić information content (AvgIpc) is 2.46. The molecule has 2 heteroatoms. The second-order valence-electron chi connectivity index (χ2n) is 5.62. The van der Waals surface area contributed by atoms with Gasteiger partial charge < -0.3 is 9.80 Å². The van der Waals surface area contributed by atoms with E-state index in [4.69, 9.17) is 0 Å². The fourth-order valence-corrected chi connectivity index (χ4v) is 3.29. The first kappa shape index (κ1) is 12.0. The van der Waals surface area contributed by atoms with E-state index in [-0.39, 0.29) is 0 Å². The van der Waals surface area contributed by atoms with Crippen molar-refractivity contribution in [3.63, 3.8) is 0 Å². The summed E-state index contributed by atoms with van der Waals surface area (Å²) in [6.07, 6.45) is 6.81. The molecule has 2 heterocycles. The summed E-state index contributed by atoms with van der Waals surface area (Å²) in [6, 6.07) is 8.94. The Morgan fingerprint density at radius 1 is 0.833 bits per heavy atom. The quantitative estimate of drug-likeness (QED) is 0.806. The Labute approximate surface area is 111 Å². The molecule has 1 aromatic rings. The first-order valence-electron chi connectivity index (χ1n) is 7.49. The lowest BCUT2D eigenvalue weighted by Crippen LogP contribution is -2.39. The third-order valence-electron chi connectivity index (χ3n) is 4.34. The van der Waals surface area contributed by atoms with E-state index < -0.39 is 0 Å². The zero-order valence-electron chi connectivity index (χ0n) is 11.3. The van der Waals surface area contributed by atoms with Crippen LogP contribution in [0.1, 0.15) is 31.2 Å². The molecule has 1 aromatic carbocycles. The Bertz CT molecular complexity index is 382. The third kappa shape index (κ3) is 2.69. The van der Waals surface area contributed by atoms with Crippen LogP contribution in [0.25, 0.3) is 0 Å². The normalized spacial score (nSPS) is 20.8. The van der Waals surface area contributed by atoms with E-state index >= 15 is 0 Å². The van der Waals surface area contributed by atoms with Gasteiger partial charge in [-0.15, -0.1) is 0 Å². The van der Waals surface area contributed by atoms with Crippen molar-refractivity contribution in [2.75, 3.05) is 37.6 Å². The average molecular weight is 244 g/mol. The fraction of sp³-hybridized carbons (Fsp3) is 0.625. The number of para-hydroxylation sites is 1. The van der Waals surface area contributed by atoms with Crippen molar-refractivity contribution in [1.29, 1.82) is 0 Å². The van der Waals surface area contributed by atoms with E-state index in [1.165, 1.54) is 70.5 Å². The molecule has 0 aliphatic carbocycles. The van der Waals surface area contributed by atoms with Gasteiger partial charge in [-0.1, -0.05) is 24.6 Å². The number of nitrogens with zero attached hydrogens (tertiary/aromatic N) is 2. The van der Waals surface area contributed by atoms with Crippen LogP contribution in [-0.4, -0.2) is 37.6 Å². The summed E-state index contributed by atoms with van der Waals surface area (Å²) in [6.45, 7) is 6.32. The molecule has 0 unspecified atom stereocenters. The molecule has 0 spiro atoms. The smallest absolute Gasteiger partial charge is 0.0399 e. The highest BCUT2D eigenvalue weighted by Gasteiger charge is 2.17. The van der Waals surface area contributed by atoms with Crippen molar-refractivity contribution >= 4 is 5.69 Å². The van der Waals surface area contributed by atoms with Gasteiger partial charge in [-0.2, -0.15) is 0 Å². The van der Waals surface area contributed by atoms with Gasteiger partial charge in [-0.05, 0) is 50.4 Å². The molecule has 98 valence electrons. The van der Waals surface area contributed by atoms with Crippen LogP contribution in [-0.2, 0) is 6.42 Å². The number of benzene rings is 1. The Hall–Kier alpha value is -1.02. The Morgan fingerprint density at radius 3 is 2.56 bits per heavy atom.